The van der Waals surface area contributed by atoms with Crippen LogP contribution in [0, 0.1) is 13.8 Å². The van der Waals surface area contributed by atoms with Crippen LogP contribution < -0.4 is 10.6 Å². The largest absolute Gasteiger partial charge is 0.357 e. The van der Waals surface area contributed by atoms with Crippen LogP contribution in [0.4, 0.5) is 0 Å². The molecule has 0 aliphatic rings. The van der Waals surface area contributed by atoms with Crippen LogP contribution in [-0.4, -0.2) is 44.7 Å². The summed E-state index contributed by atoms with van der Waals surface area (Å²) in [5, 5.41) is 7.58. The Balaban J connectivity index is 1.80. The molecule has 1 aromatic carbocycles. The third-order valence-corrected chi connectivity index (χ3v) is 6.94. The molecule has 0 saturated heterocycles. The molecule has 0 aliphatic heterocycles. The van der Waals surface area contributed by atoms with Gasteiger partial charge in [0.05, 0.1) is 21.3 Å². The van der Waals surface area contributed by atoms with Gasteiger partial charge in [-0.3, -0.25) is 4.99 Å². The lowest BCUT2D eigenvalue weighted by Crippen LogP contribution is -2.38. The number of thiazole rings is 1. The van der Waals surface area contributed by atoms with Gasteiger partial charge in [0.1, 0.15) is 0 Å². The molecule has 6 nitrogen and oxygen atoms in total. The van der Waals surface area contributed by atoms with Crippen molar-refractivity contribution in [1.82, 2.24) is 15.6 Å². The van der Waals surface area contributed by atoms with E-state index in [9.17, 15) is 8.42 Å². The predicted octanol–water partition coefficient (Wildman–Crippen LogP) is 2.72. The van der Waals surface area contributed by atoms with Gasteiger partial charge in [-0.15, -0.1) is 11.3 Å². The van der Waals surface area contributed by atoms with Crippen LogP contribution in [0.25, 0.3) is 0 Å². The number of rotatable bonds is 9. The van der Waals surface area contributed by atoms with Gasteiger partial charge < -0.3 is 10.6 Å². The number of nitrogens with zero attached hydrogens (tertiary/aromatic N) is 2. The van der Waals surface area contributed by atoms with Gasteiger partial charge in [0.25, 0.3) is 0 Å². The average molecular weight is 409 g/mol. The number of hydrogen-bond donors (Lipinski definition) is 2. The Labute approximate surface area is 166 Å². The van der Waals surface area contributed by atoms with Crippen LogP contribution in [0.15, 0.2) is 40.2 Å². The maximum atomic E-state index is 12.3. The maximum Gasteiger partial charge on any atom is 0.191 e. The summed E-state index contributed by atoms with van der Waals surface area (Å²) in [6, 6.07) is 8.55. The molecule has 0 unspecified atom stereocenters. The fraction of sp³-hybridized carbons (Fsp3) is 0.474. The van der Waals surface area contributed by atoms with Gasteiger partial charge in [0.15, 0.2) is 15.8 Å². The normalized spacial score (nSPS) is 12.2. The summed E-state index contributed by atoms with van der Waals surface area (Å²) in [5.41, 5.74) is 1.09. The Morgan fingerprint density at radius 1 is 1.19 bits per heavy atom. The molecular weight excluding hydrogens is 380 g/mol. The molecule has 0 radical (unpaired) electrons. The van der Waals surface area contributed by atoms with Gasteiger partial charge in [-0.1, -0.05) is 18.2 Å². The minimum Gasteiger partial charge on any atom is -0.357 e. The Bertz CT molecular complexity index is 826. The summed E-state index contributed by atoms with van der Waals surface area (Å²) < 4.78 is 24.6. The zero-order chi connectivity index (χ0) is 19.7. The zero-order valence-electron chi connectivity index (χ0n) is 16.2. The van der Waals surface area contributed by atoms with Crippen molar-refractivity contribution in [2.75, 3.05) is 25.4 Å². The smallest absolute Gasteiger partial charge is 0.191 e. The number of aliphatic imine (C=N–C) groups is 1. The average Bonchev–Trinajstić information content (AvgIpc) is 2.97. The minimum absolute atomic E-state index is 0.0948. The van der Waals surface area contributed by atoms with E-state index in [1.54, 1.807) is 35.6 Å². The van der Waals surface area contributed by atoms with Crippen molar-refractivity contribution < 1.29 is 8.42 Å². The van der Waals surface area contributed by atoms with Crippen LogP contribution >= 0.6 is 11.3 Å². The Kier molecular flexibility index (Phi) is 8.24. The topological polar surface area (TPSA) is 83.5 Å². The highest BCUT2D eigenvalue weighted by atomic mass is 32.2. The standard InChI is InChI=1S/C19H28N4O2S2/c1-4-20-19(22-13-11-18-23-15(2)16(3)26-18)21-12-8-14-27(24,25)17-9-6-5-7-10-17/h5-7,9-10H,4,8,11-14H2,1-3H3,(H2,20,21,22). The lowest BCUT2D eigenvalue weighted by atomic mass is 10.4. The van der Waals surface area contributed by atoms with E-state index in [0.717, 1.165) is 30.2 Å². The van der Waals surface area contributed by atoms with Gasteiger partial charge in [-0.25, -0.2) is 13.4 Å². The fourth-order valence-electron chi connectivity index (χ4n) is 2.47. The zero-order valence-corrected chi connectivity index (χ0v) is 17.8. The van der Waals surface area contributed by atoms with Crippen LogP contribution in [0.2, 0.25) is 0 Å². The molecular formula is C19H28N4O2S2. The SMILES string of the molecule is CCNC(=NCCCS(=O)(=O)c1ccccc1)NCCc1nc(C)c(C)s1. The van der Waals surface area contributed by atoms with Crippen molar-refractivity contribution in [3.63, 3.8) is 0 Å². The number of hydrogen-bond acceptors (Lipinski definition) is 5. The number of benzene rings is 1. The van der Waals surface area contributed by atoms with Gasteiger partial charge in [-0.2, -0.15) is 0 Å². The first kappa shape index (κ1) is 21.4. The molecule has 2 aromatic rings. The molecule has 27 heavy (non-hydrogen) atoms. The molecule has 0 aliphatic carbocycles. The van der Waals surface area contributed by atoms with Gasteiger partial charge in [0.2, 0.25) is 0 Å². The van der Waals surface area contributed by atoms with E-state index in [4.69, 9.17) is 0 Å². The van der Waals surface area contributed by atoms with Crippen molar-refractivity contribution in [2.24, 2.45) is 4.99 Å². The highest BCUT2D eigenvalue weighted by Gasteiger charge is 2.13. The molecule has 1 aromatic heterocycles. The second-order valence-corrected chi connectivity index (χ2v) is 9.57. The first-order valence-corrected chi connectivity index (χ1v) is 11.6. The monoisotopic (exact) mass is 408 g/mol. The Hall–Kier alpha value is -1.93. The van der Waals surface area contributed by atoms with Crippen molar-refractivity contribution >= 4 is 27.1 Å². The molecule has 148 valence electrons. The van der Waals surface area contributed by atoms with E-state index in [1.807, 2.05) is 19.9 Å². The molecule has 1 heterocycles. The molecule has 0 amide bonds. The van der Waals surface area contributed by atoms with Crippen LogP contribution in [0.3, 0.4) is 0 Å². The summed E-state index contributed by atoms with van der Waals surface area (Å²) in [4.78, 5) is 10.6. The highest BCUT2D eigenvalue weighted by molar-refractivity contribution is 7.91. The highest BCUT2D eigenvalue weighted by Crippen LogP contribution is 2.16. The second kappa shape index (κ2) is 10.4. The van der Waals surface area contributed by atoms with Crippen molar-refractivity contribution in [1.29, 1.82) is 0 Å². The third-order valence-electron chi connectivity index (χ3n) is 3.99. The lowest BCUT2D eigenvalue weighted by Gasteiger charge is -2.10. The first-order chi connectivity index (χ1) is 12.9. The summed E-state index contributed by atoms with van der Waals surface area (Å²) in [6.07, 6.45) is 1.32. The maximum absolute atomic E-state index is 12.3. The number of sulfone groups is 1. The van der Waals surface area contributed by atoms with Crippen LogP contribution in [0.1, 0.15) is 28.9 Å². The Morgan fingerprint density at radius 3 is 2.56 bits per heavy atom. The van der Waals surface area contributed by atoms with E-state index in [1.165, 1.54) is 4.88 Å². The molecule has 0 fully saturated rings. The summed E-state index contributed by atoms with van der Waals surface area (Å²) in [7, 11) is -3.24. The van der Waals surface area contributed by atoms with Crippen molar-refractivity contribution in [3.8, 4) is 0 Å². The molecule has 2 N–H and O–H groups in total. The second-order valence-electron chi connectivity index (χ2n) is 6.17. The Morgan fingerprint density at radius 2 is 1.93 bits per heavy atom. The molecule has 0 bridgehead atoms. The van der Waals surface area contributed by atoms with Crippen LogP contribution in [-0.2, 0) is 16.3 Å². The number of aryl methyl sites for hydroxylation is 2. The van der Waals surface area contributed by atoms with Crippen molar-refractivity contribution in [3.05, 3.63) is 45.9 Å². The first-order valence-electron chi connectivity index (χ1n) is 9.15. The lowest BCUT2D eigenvalue weighted by molar-refractivity contribution is 0.593. The minimum atomic E-state index is -3.24. The predicted molar refractivity (Wildman–Crippen MR) is 112 cm³/mol. The summed E-state index contributed by atoms with van der Waals surface area (Å²) in [5.74, 6) is 0.803. The fourth-order valence-corrected chi connectivity index (χ4v) is 4.72. The number of guanidine groups is 1. The quantitative estimate of drug-likeness (QED) is 0.379. The van der Waals surface area contributed by atoms with E-state index in [0.29, 0.717) is 23.8 Å². The molecule has 0 saturated carbocycles. The molecule has 0 spiro atoms. The van der Waals surface area contributed by atoms with E-state index >= 15 is 0 Å². The molecule has 0 atom stereocenters. The van der Waals surface area contributed by atoms with Crippen molar-refractivity contribution in [2.45, 2.75) is 38.5 Å². The van der Waals surface area contributed by atoms with E-state index in [-0.39, 0.29) is 5.75 Å². The van der Waals surface area contributed by atoms with E-state index < -0.39 is 9.84 Å². The summed E-state index contributed by atoms with van der Waals surface area (Å²) in [6.45, 7) is 8.06. The molecule has 8 heteroatoms. The van der Waals surface area contributed by atoms with E-state index in [2.05, 4.69) is 27.5 Å². The molecule has 2 rings (SSSR count). The van der Waals surface area contributed by atoms with Gasteiger partial charge in [0, 0.05) is 30.9 Å². The van der Waals surface area contributed by atoms with Crippen LogP contribution in [0.5, 0.6) is 0 Å². The van der Waals surface area contributed by atoms with Gasteiger partial charge >= 0.3 is 0 Å². The number of nitrogens with one attached hydrogen (secondary N) is 2. The van der Waals surface area contributed by atoms with Gasteiger partial charge in [-0.05, 0) is 39.3 Å². The summed E-state index contributed by atoms with van der Waals surface area (Å²) >= 11 is 1.72. The number of aromatic nitrogens is 1. The third kappa shape index (κ3) is 6.95.